The van der Waals surface area contributed by atoms with Crippen LogP contribution in [0.2, 0.25) is 5.02 Å². The first-order valence-electron chi connectivity index (χ1n) is 6.83. The third kappa shape index (κ3) is 2.65. The molecule has 1 atom stereocenters. The number of aryl methyl sites for hydroxylation is 3. The summed E-state index contributed by atoms with van der Waals surface area (Å²) in [4.78, 5) is 4.62. The van der Waals surface area contributed by atoms with Crippen LogP contribution in [0.5, 0.6) is 0 Å². The van der Waals surface area contributed by atoms with Gasteiger partial charge in [0, 0.05) is 31.9 Å². The Balaban J connectivity index is 2.03. The van der Waals surface area contributed by atoms with Crippen molar-refractivity contribution in [3.63, 3.8) is 0 Å². The molecule has 110 valence electrons. The molecule has 0 N–H and O–H groups in total. The van der Waals surface area contributed by atoms with Crippen molar-refractivity contribution in [3.8, 4) is 0 Å². The molecule has 0 amide bonds. The minimum Gasteiger partial charge on any atom is -0.325 e. The van der Waals surface area contributed by atoms with Crippen molar-refractivity contribution in [2.75, 3.05) is 0 Å². The third-order valence-electron chi connectivity index (χ3n) is 3.62. The molecule has 0 saturated carbocycles. The van der Waals surface area contributed by atoms with Crippen LogP contribution < -0.4 is 0 Å². The summed E-state index contributed by atoms with van der Waals surface area (Å²) in [5.74, 6) is 0.849. The van der Waals surface area contributed by atoms with Gasteiger partial charge < -0.3 is 4.57 Å². The number of nitrogens with zero attached hydrogens (tertiary/aromatic N) is 4. The van der Waals surface area contributed by atoms with Crippen molar-refractivity contribution in [2.24, 2.45) is 7.05 Å². The van der Waals surface area contributed by atoms with Gasteiger partial charge in [-0.3, -0.25) is 4.68 Å². The fraction of sp³-hybridized carbons (Fsp3) is 0.333. The van der Waals surface area contributed by atoms with Gasteiger partial charge in [0.1, 0.15) is 5.82 Å². The van der Waals surface area contributed by atoms with Gasteiger partial charge in [0.25, 0.3) is 0 Å². The Morgan fingerprint density at radius 2 is 2.10 bits per heavy atom. The first kappa shape index (κ1) is 14.4. The van der Waals surface area contributed by atoms with Crippen molar-refractivity contribution >= 4 is 34.2 Å². The quantitative estimate of drug-likeness (QED) is 0.681. The summed E-state index contributed by atoms with van der Waals surface area (Å²) < 4.78 is 3.99. The van der Waals surface area contributed by atoms with Gasteiger partial charge in [-0.05, 0) is 25.1 Å². The minimum atomic E-state index is -0.167. The molecular formula is C15H16Cl2N4. The van der Waals surface area contributed by atoms with E-state index in [4.69, 9.17) is 23.2 Å². The number of imidazole rings is 1. The highest BCUT2D eigenvalue weighted by Gasteiger charge is 2.17. The van der Waals surface area contributed by atoms with E-state index in [-0.39, 0.29) is 5.38 Å². The highest BCUT2D eigenvalue weighted by Crippen LogP contribution is 2.29. The first-order chi connectivity index (χ1) is 10.1. The molecule has 2 heterocycles. The summed E-state index contributed by atoms with van der Waals surface area (Å²) >= 11 is 12.6. The smallest absolute Gasteiger partial charge is 0.127 e. The van der Waals surface area contributed by atoms with Crippen molar-refractivity contribution in [2.45, 2.75) is 25.3 Å². The maximum absolute atomic E-state index is 6.35. The molecule has 0 radical (unpaired) electrons. The van der Waals surface area contributed by atoms with Gasteiger partial charge in [-0.15, -0.1) is 11.6 Å². The topological polar surface area (TPSA) is 35.6 Å². The summed E-state index contributed by atoms with van der Waals surface area (Å²) in [6.45, 7) is 2.70. The number of hydrogen-bond acceptors (Lipinski definition) is 2. The summed E-state index contributed by atoms with van der Waals surface area (Å²) in [6.07, 6.45) is 2.66. The van der Waals surface area contributed by atoms with Gasteiger partial charge in [-0.1, -0.05) is 17.7 Å². The van der Waals surface area contributed by atoms with Crippen molar-refractivity contribution in [1.29, 1.82) is 0 Å². The molecule has 3 rings (SSSR count). The predicted octanol–water partition coefficient (Wildman–Crippen LogP) is 3.97. The summed E-state index contributed by atoms with van der Waals surface area (Å²) in [6, 6.07) is 7.77. The second kappa shape index (κ2) is 5.70. The van der Waals surface area contributed by atoms with Crippen LogP contribution in [0.1, 0.15) is 23.8 Å². The first-order valence-corrected chi connectivity index (χ1v) is 7.65. The molecule has 0 aliphatic carbocycles. The molecule has 0 bridgehead atoms. The molecule has 3 aromatic rings. The number of hydrogen-bond donors (Lipinski definition) is 0. The number of halogens is 2. The molecule has 2 aromatic heterocycles. The third-order valence-corrected chi connectivity index (χ3v) is 4.12. The van der Waals surface area contributed by atoms with Crippen LogP contribution in [0.25, 0.3) is 11.0 Å². The lowest BCUT2D eigenvalue weighted by Crippen LogP contribution is -2.09. The predicted molar refractivity (Wildman–Crippen MR) is 85.9 cm³/mol. The van der Waals surface area contributed by atoms with Crippen LogP contribution in [0.3, 0.4) is 0 Å². The number of rotatable bonds is 4. The number of para-hydroxylation sites is 1. The Bertz CT molecular complexity index is 773. The molecular weight excluding hydrogens is 307 g/mol. The summed E-state index contributed by atoms with van der Waals surface area (Å²) in [7, 11) is 1.94. The number of alkyl halides is 1. The zero-order valence-electron chi connectivity index (χ0n) is 11.9. The van der Waals surface area contributed by atoms with Crippen LogP contribution in [0, 0.1) is 0 Å². The number of fused-ring (bicyclic) bond motifs is 1. The van der Waals surface area contributed by atoms with E-state index in [2.05, 4.69) is 14.6 Å². The van der Waals surface area contributed by atoms with Gasteiger partial charge in [-0.2, -0.15) is 5.10 Å². The lowest BCUT2D eigenvalue weighted by molar-refractivity contribution is 0.624. The molecule has 0 fully saturated rings. The molecule has 0 saturated heterocycles. The van der Waals surface area contributed by atoms with E-state index >= 15 is 0 Å². The summed E-state index contributed by atoms with van der Waals surface area (Å²) in [5, 5.41) is 4.73. The van der Waals surface area contributed by atoms with E-state index in [0.29, 0.717) is 5.02 Å². The van der Waals surface area contributed by atoms with Gasteiger partial charge in [-0.25, -0.2) is 4.98 Å². The largest absolute Gasteiger partial charge is 0.325 e. The van der Waals surface area contributed by atoms with E-state index in [1.165, 1.54) is 0 Å². The average molecular weight is 323 g/mol. The zero-order valence-corrected chi connectivity index (χ0v) is 13.4. The zero-order chi connectivity index (χ0) is 15.0. The highest BCUT2D eigenvalue weighted by atomic mass is 35.5. The van der Waals surface area contributed by atoms with Crippen LogP contribution in [-0.2, 0) is 20.0 Å². The van der Waals surface area contributed by atoms with Gasteiger partial charge in [0.05, 0.1) is 21.4 Å². The molecule has 0 aliphatic heterocycles. The highest BCUT2D eigenvalue weighted by molar-refractivity contribution is 6.35. The number of aromatic nitrogens is 4. The molecule has 4 nitrogen and oxygen atoms in total. The standard InChI is InChI=1S/C15H16Cl2N4/c1-10(16)15-19-13-5-3-4-12(17)14(13)21(15)9-7-11-6-8-18-20(11)2/h3-6,8,10H,7,9H2,1-2H3. The van der Waals surface area contributed by atoms with E-state index in [1.807, 2.05) is 42.9 Å². The van der Waals surface area contributed by atoms with E-state index in [1.54, 1.807) is 6.20 Å². The van der Waals surface area contributed by atoms with Gasteiger partial charge in [0.15, 0.2) is 0 Å². The lowest BCUT2D eigenvalue weighted by atomic mass is 10.2. The fourth-order valence-corrected chi connectivity index (χ4v) is 3.00. The van der Waals surface area contributed by atoms with E-state index < -0.39 is 0 Å². The molecule has 21 heavy (non-hydrogen) atoms. The molecule has 0 spiro atoms. The van der Waals surface area contributed by atoms with Crippen LogP contribution >= 0.6 is 23.2 Å². The Kier molecular flexibility index (Phi) is 3.91. The molecule has 0 aliphatic rings. The maximum atomic E-state index is 6.35. The summed E-state index contributed by atoms with van der Waals surface area (Å²) in [5.41, 5.74) is 3.00. The lowest BCUT2D eigenvalue weighted by Gasteiger charge is -2.11. The average Bonchev–Trinajstić information content (AvgIpc) is 3.01. The van der Waals surface area contributed by atoms with E-state index in [0.717, 1.165) is 35.5 Å². The minimum absolute atomic E-state index is 0.167. The Labute approximate surface area is 133 Å². The van der Waals surface area contributed by atoms with Crippen molar-refractivity contribution in [3.05, 3.63) is 47.0 Å². The normalized spacial score (nSPS) is 13.0. The monoisotopic (exact) mass is 322 g/mol. The second-order valence-corrected chi connectivity index (χ2v) is 6.10. The Morgan fingerprint density at radius 1 is 1.29 bits per heavy atom. The second-order valence-electron chi connectivity index (χ2n) is 5.04. The molecule has 1 unspecified atom stereocenters. The fourth-order valence-electron chi connectivity index (χ4n) is 2.56. The molecule has 6 heteroatoms. The molecule has 1 aromatic carbocycles. The van der Waals surface area contributed by atoms with Crippen molar-refractivity contribution in [1.82, 2.24) is 19.3 Å². The van der Waals surface area contributed by atoms with E-state index in [9.17, 15) is 0 Å². The number of benzene rings is 1. The van der Waals surface area contributed by atoms with Crippen molar-refractivity contribution < 1.29 is 0 Å². The SMILES string of the molecule is CC(Cl)c1nc2cccc(Cl)c2n1CCc1ccnn1C. The Hall–Kier alpha value is -1.52. The van der Waals surface area contributed by atoms with Crippen LogP contribution in [0.15, 0.2) is 30.5 Å². The van der Waals surface area contributed by atoms with Gasteiger partial charge in [0.2, 0.25) is 0 Å². The van der Waals surface area contributed by atoms with Crippen LogP contribution in [0.4, 0.5) is 0 Å². The maximum Gasteiger partial charge on any atom is 0.127 e. The Morgan fingerprint density at radius 3 is 2.76 bits per heavy atom. The van der Waals surface area contributed by atoms with Crippen LogP contribution in [-0.4, -0.2) is 19.3 Å². The van der Waals surface area contributed by atoms with Gasteiger partial charge >= 0.3 is 0 Å².